The number of nitrogens with zero attached hydrogens (tertiary/aromatic N) is 3. The van der Waals surface area contributed by atoms with Gasteiger partial charge in [-0.25, -0.2) is 4.98 Å². The predicted molar refractivity (Wildman–Crippen MR) is 126 cm³/mol. The van der Waals surface area contributed by atoms with E-state index in [-0.39, 0.29) is 0 Å². The van der Waals surface area contributed by atoms with E-state index in [4.69, 9.17) is 25.4 Å². The number of halogens is 1. The molecule has 7 rings (SSSR count). The van der Waals surface area contributed by atoms with Crippen LogP contribution in [0.2, 0.25) is 5.02 Å². The quantitative estimate of drug-likeness (QED) is 0.284. The average molecular weight is 436 g/mol. The summed E-state index contributed by atoms with van der Waals surface area (Å²) in [5.41, 5.74) is 5.76. The second-order valence-electron chi connectivity index (χ2n) is 7.68. The molecule has 0 spiro atoms. The van der Waals surface area contributed by atoms with Crippen molar-refractivity contribution in [2.24, 2.45) is 0 Å². The summed E-state index contributed by atoms with van der Waals surface area (Å²) in [5.74, 6) is 0.513. The molecule has 0 fully saturated rings. The number of para-hydroxylation sites is 2. The predicted octanol–water partition coefficient (Wildman–Crippen LogP) is 7.39. The van der Waals surface area contributed by atoms with Gasteiger partial charge in [-0.3, -0.25) is 4.57 Å². The number of benzene rings is 4. The zero-order valence-corrected chi connectivity index (χ0v) is 17.4. The fourth-order valence-corrected chi connectivity index (χ4v) is 4.45. The van der Waals surface area contributed by atoms with Gasteiger partial charge in [0, 0.05) is 27.4 Å². The largest absolute Gasteiger partial charge is 0.436 e. The number of rotatable bonds is 2. The Morgan fingerprint density at radius 3 is 2.09 bits per heavy atom. The zero-order valence-electron chi connectivity index (χ0n) is 16.6. The van der Waals surface area contributed by atoms with E-state index < -0.39 is 0 Å². The topological polar surface area (TPSA) is 57.0 Å². The van der Waals surface area contributed by atoms with Gasteiger partial charge in [0.2, 0.25) is 5.89 Å². The molecule has 0 N–H and O–H groups in total. The van der Waals surface area contributed by atoms with Crippen molar-refractivity contribution in [3.05, 3.63) is 90.0 Å². The number of hydrogen-bond acceptors (Lipinski definition) is 4. The van der Waals surface area contributed by atoms with Gasteiger partial charge in [0.15, 0.2) is 11.2 Å². The molecule has 0 aliphatic carbocycles. The van der Waals surface area contributed by atoms with Gasteiger partial charge in [-0.15, -0.1) is 0 Å². The Morgan fingerprint density at radius 1 is 0.656 bits per heavy atom. The lowest BCUT2D eigenvalue weighted by Crippen LogP contribution is -1.93. The van der Waals surface area contributed by atoms with Crippen molar-refractivity contribution in [2.75, 3.05) is 0 Å². The summed E-state index contributed by atoms with van der Waals surface area (Å²) in [4.78, 5) is 9.35. The van der Waals surface area contributed by atoms with Crippen LogP contribution in [0.3, 0.4) is 0 Å². The molecule has 0 atom stereocenters. The molecule has 3 aromatic heterocycles. The second-order valence-corrected chi connectivity index (χ2v) is 8.12. The first-order valence-corrected chi connectivity index (χ1v) is 10.6. The molecule has 0 radical (unpaired) electrons. The lowest BCUT2D eigenvalue weighted by atomic mass is 10.2. The Balaban J connectivity index is 1.42. The van der Waals surface area contributed by atoms with Crippen LogP contribution in [-0.2, 0) is 0 Å². The van der Waals surface area contributed by atoms with E-state index in [9.17, 15) is 0 Å². The number of oxazole rings is 2. The molecule has 5 nitrogen and oxygen atoms in total. The number of fused-ring (bicyclic) bond motifs is 5. The Hall–Kier alpha value is -4.09. The standard InChI is InChI=1S/C26H14ClN3O2/c27-16-10-12-19-24(14-16)31-25(28-19)15-9-11-20-23(13-15)32-26(29-20)30-21-7-3-1-5-17(21)18-6-2-4-8-22(18)30/h1-14H. The van der Waals surface area contributed by atoms with Crippen molar-refractivity contribution < 1.29 is 8.83 Å². The van der Waals surface area contributed by atoms with Crippen molar-refractivity contribution in [3.63, 3.8) is 0 Å². The van der Waals surface area contributed by atoms with E-state index in [1.54, 1.807) is 12.1 Å². The van der Waals surface area contributed by atoms with E-state index in [1.807, 2.05) is 48.5 Å². The van der Waals surface area contributed by atoms with E-state index in [1.165, 1.54) is 0 Å². The zero-order chi connectivity index (χ0) is 21.2. The van der Waals surface area contributed by atoms with Crippen LogP contribution in [0.1, 0.15) is 0 Å². The van der Waals surface area contributed by atoms with E-state index in [0.717, 1.165) is 38.4 Å². The van der Waals surface area contributed by atoms with Crippen LogP contribution in [0.15, 0.2) is 93.8 Å². The first kappa shape index (κ1) is 17.6. The summed E-state index contributed by atoms with van der Waals surface area (Å²) in [6.45, 7) is 0. The van der Waals surface area contributed by atoms with Gasteiger partial charge in [-0.2, -0.15) is 4.98 Å². The lowest BCUT2D eigenvalue weighted by molar-refractivity contribution is 0.574. The molecular formula is C26H14ClN3O2. The van der Waals surface area contributed by atoms with Crippen LogP contribution in [0.25, 0.3) is 61.5 Å². The number of aromatic nitrogens is 3. The van der Waals surface area contributed by atoms with E-state index in [2.05, 4.69) is 33.8 Å². The molecule has 4 aromatic carbocycles. The second kappa shape index (κ2) is 6.45. The molecule has 6 heteroatoms. The molecule has 0 aliphatic heterocycles. The van der Waals surface area contributed by atoms with Crippen LogP contribution >= 0.6 is 11.6 Å². The minimum atomic E-state index is 0.513. The van der Waals surface area contributed by atoms with Gasteiger partial charge in [0.1, 0.15) is 11.0 Å². The van der Waals surface area contributed by atoms with Gasteiger partial charge in [-0.05, 0) is 42.5 Å². The van der Waals surface area contributed by atoms with Crippen molar-refractivity contribution >= 4 is 55.6 Å². The summed E-state index contributed by atoms with van der Waals surface area (Å²) >= 11 is 6.07. The summed E-state index contributed by atoms with van der Waals surface area (Å²) in [6.07, 6.45) is 0. The maximum absolute atomic E-state index is 6.25. The van der Waals surface area contributed by atoms with Crippen LogP contribution in [0.5, 0.6) is 0 Å². The minimum absolute atomic E-state index is 0.513. The third-order valence-corrected chi connectivity index (χ3v) is 5.98. The van der Waals surface area contributed by atoms with Gasteiger partial charge in [-0.1, -0.05) is 48.0 Å². The fraction of sp³-hybridized carbons (Fsp3) is 0. The molecule has 0 bridgehead atoms. The Morgan fingerprint density at radius 2 is 1.31 bits per heavy atom. The molecule has 0 amide bonds. The lowest BCUT2D eigenvalue weighted by Gasteiger charge is -2.00. The third-order valence-electron chi connectivity index (χ3n) is 5.75. The maximum atomic E-state index is 6.25. The van der Waals surface area contributed by atoms with Gasteiger partial charge in [0.05, 0.1) is 11.0 Å². The van der Waals surface area contributed by atoms with Gasteiger partial charge < -0.3 is 8.83 Å². The fourth-order valence-electron chi connectivity index (χ4n) is 4.29. The highest BCUT2D eigenvalue weighted by molar-refractivity contribution is 6.31. The van der Waals surface area contributed by atoms with E-state index >= 15 is 0 Å². The molecule has 3 heterocycles. The molecule has 0 unspecified atom stereocenters. The molecule has 0 saturated carbocycles. The Labute approximate surface area is 186 Å². The van der Waals surface area contributed by atoms with Gasteiger partial charge in [0.25, 0.3) is 0 Å². The molecule has 32 heavy (non-hydrogen) atoms. The summed E-state index contributed by atoms with van der Waals surface area (Å²) in [6, 6.07) is 28.3. The normalized spacial score (nSPS) is 11.9. The minimum Gasteiger partial charge on any atom is -0.436 e. The maximum Gasteiger partial charge on any atom is 0.307 e. The first-order valence-electron chi connectivity index (χ1n) is 10.2. The molecule has 152 valence electrons. The molecule has 0 saturated heterocycles. The molecular weight excluding hydrogens is 422 g/mol. The highest BCUT2D eigenvalue weighted by Crippen LogP contribution is 2.34. The van der Waals surface area contributed by atoms with Gasteiger partial charge >= 0.3 is 6.01 Å². The van der Waals surface area contributed by atoms with Crippen molar-refractivity contribution in [1.82, 2.24) is 14.5 Å². The van der Waals surface area contributed by atoms with Crippen LogP contribution in [0.4, 0.5) is 0 Å². The Bertz CT molecular complexity index is 1760. The molecule has 7 aromatic rings. The average Bonchev–Trinajstić information content (AvgIpc) is 3.51. The monoisotopic (exact) mass is 435 g/mol. The summed E-state index contributed by atoms with van der Waals surface area (Å²) in [7, 11) is 0. The summed E-state index contributed by atoms with van der Waals surface area (Å²) < 4.78 is 14.2. The third kappa shape index (κ3) is 2.52. The number of hydrogen-bond donors (Lipinski definition) is 0. The summed E-state index contributed by atoms with van der Waals surface area (Å²) in [5, 5.41) is 2.94. The van der Waals surface area contributed by atoms with E-state index in [0.29, 0.717) is 28.1 Å². The first-order chi connectivity index (χ1) is 15.7. The van der Waals surface area contributed by atoms with Crippen LogP contribution in [-0.4, -0.2) is 14.5 Å². The Kier molecular flexibility index (Phi) is 3.54. The van der Waals surface area contributed by atoms with Crippen molar-refractivity contribution in [2.45, 2.75) is 0 Å². The molecule has 0 aliphatic rings. The van der Waals surface area contributed by atoms with Crippen LogP contribution in [0, 0.1) is 0 Å². The highest BCUT2D eigenvalue weighted by Gasteiger charge is 2.17. The highest BCUT2D eigenvalue weighted by atomic mass is 35.5. The SMILES string of the molecule is Clc1ccc2nc(-c3ccc4nc(-n5c6ccccc6c6ccccc65)oc4c3)oc2c1. The van der Waals surface area contributed by atoms with Crippen molar-refractivity contribution in [3.8, 4) is 17.5 Å². The van der Waals surface area contributed by atoms with Crippen LogP contribution < -0.4 is 0 Å². The van der Waals surface area contributed by atoms with Crippen molar-refractivity contribution in [1.29, 1.82) is 0 Å². The smallest absolute Gasteiger partial charge is 0.307 e.